The largest absolute Gasteiger partial charge is 0.411 e. The Bertz CT molecular complexity index is 155. The number of hydrogen-bond acceptors (Lipinski definition) is 2. The zero-order chi connectivity index (χ0) is 11.7. The van der Waals surface area contributed by atoms with E-state index in [9.17, 15) is 13.2 Å². The molecule has 0 aliphatic heterocycles. The second-order valence-corrected chi connectivity index (χ2v) is 5.10. The van der Waals surface area contributed by atoms with Crippen LogP contribution in [0.5, 0.6) is 0 Å². The van der Waals surface area contributed by atoms with Crippen molar-refractivity contribution >= 4 is 23.4 Å². The minimum Gasteiger partial charge on any atom is -0.372 e. The van der Waals surface area contributed by atoms with Crippen molar-refractivity contribution in [2.24, 2.45) is 0 Å². The summed E-state index contributed by atoms with van der Waals surface area (Å²) in [5.74, 6) is 1.44. The van der Waals surface area contributed by atoms with Crippen LogP contribution in [-0.2, 0) is 4.74 Å². The average molecular weight is 265 g/mol. The zero-order valence-corrected chi connectivity index (χ0v) is 10.2. The van der Waals surface area contributed by atoms with Gasteiger partial charge in [0.25, 0.3) is 0 Å². The Labute approximate surface area is 97.7 Å². The van der Waals surface area contributed by atoms with Crippen LogP contribution in [0.2, 0.25) is 0 Å². The molecule has 6 heteroatoms. The van der Waals surface area contributed by atoms with Crippen molar-refractivity contribution in [2.75, 3.05) is 24.8 Å². The lowest BCUT2D eigenvalue weighted by molar-refractivity contribution is -0.173. The van der Waals surface area contributed by atoms with Gasteiger partial charge >= 0.3 is 6.18 Å². The second-order valence-electron chi connectivity index (χ2n) is 3.18. The van der Waals surface area contributed by atoms with E-state index in [0.717, 1.165) is 12.2 Å². The summed E-state index contributed by atoms with van der Waals surface area (Å²) in [5.41, 5.74) is 0. The maximum Gasteiger partial charge on any atom is 0.411 e. The highest BCUT2D eigenvalue weighted by Crippen LogP contribution is 2.17. The zero-order valence-electron chi connectivity index (χ0n) is 8.65. The van der Waals surface area contributed by atoms with Crippen molar-refractivity contribution < 1.29 is 17.9 Å². The van der Waals surface area contributed by atoms with Crippen LogP contribution in [0.15, 0.2) is 0 Å². The van der Waals surface area contributed by atoms with E-state index in [1.807, 2.05) is 0 Å². The minimum atomic E-state index is -4.21. The molecule has 0 bridgehead atoms. The molecular formula is C9H16ClF3OS. The van der Waals surface area contributed by atoms with E-state index in [2.05, 4.69) is 11.7 Å². The SMILES string of the molecule is CC(CCCl)SCCCOCC(F)(F)F. The normalized spacial score (nSPS) is 14.2. The van der Waals surface area contributed by atoms with E-state index in [1.54, 1.807) is 11.8 Å². The van der Waals surface area contributed by atoms with Crippen molar-refractivity contribution in [3.05, 3.63) is 0 Å². The summed E-state index contributed by atoms with van der Waals surface area (Å²) in [6.45, 7) is 1.08. The molecule has 0 heterocycles. The van der Waals surface area contributed by atoms with Gasteiger partial charge in [-0.05, 0) is 18.6 Å². The van der Waals surface area contributed by atoms with Crippen molar-refractivity contribution in [3.63, 3.8) is 0 Å². The summed E-state index contributed by atoms with van der Waals surface area (Å²) in [5, 5.41) is 0.463. The van der Waals surface area contributed by atoms with Crippen LogP contribution in [0, 0.1) is 0 Å². The molecule has 15 heavy (non-hydrogen) atoms. The van der Waals surface area contributed by atoms with Gasteiger partial charge in [-0.15, -0.1) is 11.6 Å². The third-order valence-electron chi connectivity index (χ3n) is 1.62. The fraction of sp³-hybridized carbons (Fsp3) is 1.00. The Kier molecular flexibility index (Phi) is 8.75. The molecule has 1 unspecified atom stereocenters. The number of rotatable bonds is 8. The van der Waals surface area contributed by atoms with Crippen molar-refractivity contribution in [1.29, 1.82) is 0 Å². The number of hydrogen-bond donors (Lipinski definition) is 0. The summed E-state index contributed by atoms with van der Waals surface area (Å²) in [6.07, 6.45) is -2.64. The van der Waals surface area contributed by atoms with Crippen LogP contribution in [0.4, 0.5) is 13.2 Å². The molecule has 0 saturated heterocycles. The Balaban J connectivity index is 3.18. The molecule has 0 saturated carbocycles. The molecule has 0 aromatic rings. The first-order valence-corrected chi connectivity index (χ1v) is 6.36. The molecule has 92 valence electrons. The van der Waals surface area contributed by atoms with Crippen LogP contribution in [0.25, 0.3) is 0 Å². The van der Waals surface area contributed by atoms with Crippen LogP contribution in [0.3, 0.4) is 0 Å². The molecule has 0 radical (unpaired) electrons. The molecule has 0 fully saturated rings. The van der Waals surface area contributed by atoms with E-state index in [-0.39, 0.29) is 6.61 Å². The number of halogens is 4. The summed E-state index contributed by atoms with van der Waals surface area (Å²) in [6, 6.07) is 0. The predicted octanol–water partition coefficient (Wildman–Crippen LogP) is 3.71. The van der Waals surface area contributed by atoms with Gasteiger partial charge in [0.05, 0.1) is 0 Å². The van der Waals surface area contributed by atoms with E-state index >= 15 is 0 Å². The molecule has 0 aliphatic rings. The highest BCUT2D eigenvalue weighted by atomic mass is 35.5. The first kappa shape index (κ1) is 15.4. The highest BCUT2D eigenvalue weighted by Gasteiger charge is 2.27. The van der Waals surface area contributed by atoms with Crippen LogP contribution in [-0.4, -0.2) is 36.3 Å². The average Bonchev–Trinajstić information content (AvgIpc) is 2.09. The van der Waals surface area contributed by atoms with Gasteiger partial charge < -0.3 is 4.74 Å². The number of ether oxygens (including phenoxy) is 1. The van der Waals surface area contributed by atoms with Gasteiger partial charge in [-0.2, -0.15) is 24.9 Å². The molecular weight excluding hydrogens is 249 g/mol. The fourth-order valence-corrected chi connectivity index (χ4v) is 2.30. The molecule has 0 amide bonds. The Morgan fingerprint density at radius 1 is 1.40 bits per heavy atom. The van der Waals surface area contributed by atoms with Crippen LogP contribution in [0.1, 0.15) is 19.8 Å². The van der Waals surface area contributed by atoms with E-state index in [4.69, 9.17) is 11.6 Å². The second kappa shape index (κ2) is 8.53. The standard InChI is InChI=1S/C9H16ClF3OS/c1-8(3-4-10)15-6-2-5-14-7-9(11,12)13/h8H,2-7H2,1H3. The van der Waals surface area contributed by atoms with Crippen molar-refractivity contribution in [3.8, 4) is 0 Å². The fourth-order valence-electron chi connectivity index (χ4n) is 0.870. The molecule has 1 nitrogen and oxygen atoms in total. The summed E-state index contributed by atoms with van der Waals surface area (Å²) in [4.78, 5) is 0. The Morgan fingerprint density at radius 3 is 2.60 bits per heavy atom. The molecule has 0 rings (SSSR count). The Morgan fingerprint density at radius 2 is 2.07 bits per heavy atom. The molecule has 1 atom stereocenters. The third-order valence-corrected chi connectivity index (χ3v) is 3.16. The number of alkyl halides is 4. The summed E-state index contributed by atoms with van der Waals surface area (Å²) < 4.78 is 39.4. The molecule has 0 aromatic carbocycles. The minimum absolute atomic E-state index is 0.167. The first-order chi connectivity index (χ1) is 6.95. The number of thioether (sulfide) groups is 1. The van der Waals surface area contributed by atoms with E-state index in [0.29, 0.717) is 17.6 Å². The predicted molar refractivity (Wildman–Crippen MR) is 58.7 cm³/mol. The van der Waals surface area contributed by atoms with E-state index in [1.165, 1.54) is 0 Å². The quantitative estimate of drug-likeness (QED) is 0.488. The molecule has 0 aromatic heterocycles. The monoisotopic (exact) mass is 264 g/mol. The maximum absolute atomic E-state index is 11.6. The Hall–Kier alpha value is 0.390. The van der Waals surface area contributed by atoms with Crippen LogP contribution >= 0.6 is 23.4 Å². The molecule has 0 spiro atoms. The van der Waals surface area contributed by atoms with Gasteiger partial charge in [-0.3, -0.25) is 0 Å². The summed E-state index contributed by atoms with van der Waals surface area (Å²) in [7, 11) is 0. The van der Waals surface area contributed by atoms with Gasteiger partial charge in [-0.1, -0.05) is 6.92 Å². The van der Waals surface area contributed by atoms with Gasteiger partial charge in [0, 0.05) is 17.7 Å². The van der Waals surface area contributed by atoms with Gasteiger partial charge in [0.2, 0.25) is 0 Å². The topological polar surface area (TPSA) is 9.23 Å². The van der Waals surface area contributed by atoms with Crippen molar-refractivity contribution in [2.45, 2.75) is 31.2 Å². The van der Waals surface area contributed by atoms with Gasteiger partial charge in [-0.25, -0.2) is 0 Å². The van der Waals surface area contributed by atoms with Gasteiger partial charge in [0.15, 0.2) is 0 Å². The molecule has 0 aliphatic carbocycles. The first-order valence-electron chi connectivity index (χ1n) is 4.78. The maximum atomic E-state index is 11.6. The molecule has 0 N–H and O–H groups in total. The summed E-state index contributed by atoms with van der Waals surface area (Å²) >= 11 is 7.26. The lowest BCUT2D eigenvalue weighted by Gasteiger charge is -2.10. The van der Waals surface area contributed by atoms with Crippen molar-refractivity contribution in [1.82, 2.24) is 0 Å². The lowest BCUT2D eigenvalue weighted by atomic mass is 10.4. The van der Waals surface area contributed by atoms with E-state index < -0.39 is 12.8 Å². The third kappa shape index (κ3) is 12.3. The lowest BCUT2D eigenvalue weighted by Crippen LogP contribution is -2.17. The van der Waals surface area contributed by atoms with Crippen LogP contribution < -0.4 is 0 Å². The van der Waals surface area contributed by atoms with Gasteiger partial charge in [0.1, 0.15) is 6.61 Å². The smallest absolute Gasteiger partial charge is 0.372 e. The highest BCUT2D eigenvalue weighted by molar-refractivity contribution is 7.99.